The molecule has 1 amide bonds. The molecule has 0 N–H and O–H groups in total. The first-order valence-electron chi connectivity index (χ1n) is 11.0. The molecule has 3 aromatic heterocycles. The summed E-state index contributed by atoms with van der Waals surface area (Å²) in [5.74, 6) is 1.16. The Morgan fingerprint density at radius 2 is 1.87 bits per heavy atom. The van der Waals surface area contributed by atoms with Crippen LogP contribution >= 0.6 is 0 Å². The van der Waals surface area contributed by atoms with Crippen molar-refractivity contribution >= 4 is 33.9 Å². The lowest BCUT2D eigenvalue weighted by molar-refractivity contribution is 0.0990. The van der Waals surface area contributed by atoms with Crippen LogP contribution in [-0.4, -0.2) is 36.8 Å². The van der Waals surface area contributed by atoms with Crippen LogP contribution in [0.1, 0.15) is 61.3 Å². The Morgan fingerprint density at radius 1 is 1.10 bits per heavy atom. The van der Waals surface area contributed by atoms with Crippen LogP contribution in [-0.2, 0) is 12.1 Å². The first-order chi connectivity index (χ1) is 14.8. The summed E-state index contributed by atoms with van der Waals surface area (Å²) < 4.78 is 4.11. The summed E-state index contributed by atoms with van der Waals surface area (Å²) in [4.78, 5) is 25.5. The van der Waals surface area contributed by atoms with E-state index in [0.29, 0.717) is 18.0 Å². The lowest BCUT2D eigenvalue weighted by atomic mass is 10.1. The fourth-order valence-corrected chi connectivity index (χ4v) is 4.66. The molecular weight excluding hydrogens is 388 g/mol. The Kier molecular flexibility index (Phi) is 3.68. The Morgan fingerprint density at radius 3 is 2.61 bits per heavy atom. The normalized spacial score (nSPS) is 16.5. The van der Waals surface area contributed by atoms with Crippen molar-refractivity contribution in [3.8, 4) is 0 Å². The molecular formula is C24H26N6O. The van der Waals surface area contributed by atoms with E-state index < -0.39 is 0 Å². The van der Waals surface area contributed by atoms with Crippen LogP contribution in [0.3, 0.4) is 0 Å². The Bertz CT molecular complexity index is 1370. The molecule has 1 fully saturated rings. The highest BCUT2D eigenvalue weighted by atomic mass is 16.2. The first-order valence-corrected chi connectivity index (χ1v) is 11.0. The number of nitrogens with zero attached hydrogens (tertiary/aromatic N) is 6. The molecule has 6 rings (SSSR count). The van der Waals surface area contributed by atoms with Gasteiger partial charge < -0.3 is 4.57 Å². The van der Waals surface area contributed by atoms with Crippen molar-refractivity contribution in [2.75, 3.05) is 11.4 Å². The molecule has 0 unspecified atom stereocenters. The molecule has 7 nitrogen and oxygen atoms in total. The standard InChI is InChI=1S/C24H26N6O/c1-14-20-16(13-18(15-9-10-15)25-21(20)30(27-14)24(2,3)4)22(31)29-12-11-28-19-8-6-5-7-17(19)26-23(28)29/h5-8,13,15H,9-12H2,1-4H3. The predicted octanol–water partition coefficient (Wildman–Crippen LogP) is 4.38. The van der Waals surface area contributed by atoms with Crippen LogP contribution < -0.4 is 4.90 Å². The van der Waals surface area contributed by atoms with Gasteiger partial charge in [-0.3, -0.25) is 9.69 Å². The number of carbonyl (C=O) groups is 1. The summed E-state index contributed by atoms with van der Waals surface area (Å²) in [5, 5.41) is 5.65. The van der Waals surface area contributed by atoms with Crippen molar-refractivity contribution < 1.29 is 4.79 Å². The fraction of sp³-hybridized carbons (Fsp3) is 0.417. The number of hydrogen-bond donors (Lipinski definition) is 0. The number of para-hydroxylation sites is 2. The number of fused-ring (bicyclic) bond motifs is 4. The number of pyridine rings is 1. The van der Waals surface area contributed by atoms with Gasteiger partial charge in [-0.15, -0.1) is 0 Å². The quantitative estimate of drug-likeness (QED) is 0.488. The predicted molar refractivity (Wildman–Crippen MR) is 121 cm³/mol. The van der Waals surface area contributed by atoms with Gasteiger partial charge in [-0.05, 0) is 58.7 Å². The van der Waals surface area contributed by atoms with Gasteiger partial charge in [0, 0.05) is 24.7 Å². The summed E-state index contributed by atoms with van der Waals surface area (Å²) in [6.07, 6.45) is 2.27. The third-order valence-corrected chi connectivity index (χ3v) is 6.36. The molecule has 1 aromatic carbocycles. The molecule has 1 aliphatic heterocycles. The van der Waals surface area contributed by atoms with E-state index in [4.69, 9.17) is 15.1 Å². The number of hydrogen-bond acceptors (Lipinski definition) is 4. The van der Waals surface area contributed by atoms with Crippen LogP contribution in [0.15, 0.2) is 30.3 Å². The van der Waals surface area contributed by atoms with Gasteiger partial charge >= 0.3 is 0 Å². The molecule has 158 valence electrons. The molecule has 1 aliphatic carbocycles. The van der Waals surface area contributed by atoms with E-state index in [1.54, 1.807) is 0 Å². The number of imidazole rings is 1. The number of amides is 1. The van der Waals surface area contributed by atoms with Gasteiger partial charge in [0.2, 0.25) is 5.95 Å². The van der Waals surface area contributed by atoms with Gasteiger partial charge in [0.05, 0.1) is 33.2 Å². The maximum atomic E-state index is 13.9. The number of anilines is 1. The minimum atomic E-state index is -0.219. The molecule has 4 heterocycles. The van der Waals surface area contributed by atoms with Crippen LogP contribution in [0.5, 0.6) is 0 Å². The van der Waals surface area contributed by atoms with Crippen LogP contribution in [0.2, 0.25) is 0 Å². The van der Waals surface area contributed by atoms with Crippen LogP contribution in [0.4, 0.5) is 5.95 Å². The molecule has 0 spiro atoms. The smallest absolute Gasteiger partial charge is 0.261 e. The molecule has 0 radical (unpaired) electrons. The SMILES string of the molecule is Cc1nn(C(C)(C)C)c2nc(C3CC3)cc(C(=O)N3CCn4c3nc3ccccc34)c12. The van der Waals surface area contributed by atoms with Gasteiger partial charge in [0.1, 0.15) is 0 Å². The largest absolute Gasteiger partial charge is 0.308 e. The number of benzene rings is 1. The summed E-state index contributed by atoms with van der Waals surface area (Å²) in [5.41, 5.74) is 5.13. The second-order valence-electron chi connectivity index (χ2n) is 9.74. The number of aryl methyl sites for hydroxylation is 1. The average molecular weight is 415 g/mol. The molecule has 0 atom stereocenters. The van der Waals surface area contributed by atoms with Gasteiger partial charge in [-0.25, -0.2) is 14.6 Å². The van der Waals surface area contributed by atoms with Crippen molar-refractivity contribution in [1.82, 2.24) is 24.3 Å². The number of rotatable bonds is 2. The third kappa shape index (κ3) is 2.72. The third-order valence-electron chi connectivity index (χ3n) is 6.36. The molecule has 0 saturated heterocycles. The maximum Gasteiger partial charge on any atom is 0.261 e. The van der Waals surface area contributed by atoms with Crippen molar-refractivity contribution in [3.63, 3.8) is 0 Å². The van der Waals surface area contributed by atoms with Crippen molar-refractivity contribution in [1.29, 1.82) is 0 Å². The monoisotopic (exact) mass is 414 g/mol. The molecule has 2 aliphatic rings. The molecule has 4 aromatic rings. The maximum absolute atomic E-state index is 13.9. The average Bonchev–Trinajstić information content (AvgIpc) is 3.28. The van der Waals surface area contributed by atoms with Crippen molar-refractivity contribution in [2.45, 2.75) is 58.5 Å². The minimum Gasteiger partial charge on any atom is -0.308 e. The highest BCUT2D eigenvalue weighted by Crippen LogP contribution is 2.41. The van der Waals surface area contributed by atoms with Crippen LogP contribution in [0, 0.1) is 6.92 Å². The molecule has 7 heteroatoms. The zero-order chi connectivity index (χ0) is 21.5. The Balaban J connectivity index is 1.54. The second kappa shape index (κ2) is 6.15. The summed E-state index contributed by atoms with van der Waals surface area (Å²) >= 11 is 0. The topological polar surface area (TPSA) is 68.8 Å². The second-order valence-corrected chi connectivity index (χ2v) is 9.74. The van der Waals surface area contributed by atoms with E-state index in [1.165, 1.54) is 0 Å². The summed E-state index contributed by atoms with van der Waals surface area (Å²) in [6.45, 7) is 9.71. The van der Waals surface area contributed by atoms with Gasteiger partial charge in [0.25, 0.3) is 5.91 Å². The van der Waals surface area contributed by atoms with Crippen molar-refractivity contribution in [3.05, 3.63) is 47.3 Å². The number of carbonyl (C=O) groups excluding carboxylic acids is 1. The number of aromatic nitrogens is 5. The van der Waals surface area contributed by atoms with Gasteiger partial charge in [0.15, 0.2) is 5.65 Å². The Hall–Kier alpha value is -3.22. The van der Waals surface area contributed by atoms with E-state index in [9.17, 15) is 4.79 Å². The zero-order valence-corrected chi connectivity index (χ0v) is 18.4. The van der Waals surface area contributed by atoms with E-state index in [-0.39, 0.29) is 11.4 Å². The lowest BCUT2D eigenvalue weighted by Gasteiger charge is -2.20. The highest BCUT2D eigenvalue weighted by molar-refractivity contribution is 6.14. The summed E-state index contributed by atoms with van der Waals surface area (Å²) in [6, 6.07) is 10.1. The van der Waals surface area contributed by atoms with Gasteiger partial charge in [-0.2, -0.15) is 5.10 Å². The summed E-state index contributed by atoms with van der Waals surface area (Å²) in [7, 11) is 0. The van der Waals surface area contributed by atoms with E-state index in [1.807, 2.05) is 40.8 Å². The van der Waals surface area contributed by atoms with E-state index in [0.717, 1.165) is 58.8 Å². The lowest BCUT2D eigenvalue weighted by Crippen LogP contribution is -2.30. The first kappa shape index (κ1) is 18.5. The molecule has 1 saturated carbocycles. The Labute approximate surface area is 180 Å². The van der Waals surface area contributed by atoms with Crippen LogP contribution in [0.25, 0.3) is 22.1 Å². The highest BCUT2D eigenvalue weighted by Gasteiger charge is 2.34. The van der Waals surface area contributed by atoms with E-state index >= 15 is 0 Å². The molecule has 31 heavy (non-hydrogen) atoms. The van der Waals surface area contributed by atoms with Crippen molar-refractivity contribution in [2.24, 2.45) is 0 Å². The van der Waals surface area contributed by atoms with E-state index in [2.05, 4.69) is 31.4 Å². The van der Waals surface area contributed by atoms with Gasteiger partial charge in [-0.1, -0.05) is 12.1 Å². The minimum absolute atomic E-state index is 0.0140. The zero-order valence-electron chi connectivity index (χ0n) is 18.4. The molecule has 0 bridgehead atoms. The fourth-order valence-electron chi connectivity index (χ4n) is 4.66.